The molecule has 2 rings (SSSR count). The lowest BCUT2D eigenvalue weighted by Crippen LogP contribution is -2.26. The molecule has 162 valence electrons. The molecule has 2 aromatic carbocycles. The SMILES string of the molecule is CCP(=S)(Oc1ccccc1)N(Cc1ccccc1)SCNC(=O)ON=C(C)SC. The van der Waals surface area contributed by atoms with E-state index in [0.29, 0.717) is 17.8 Å². The molecular formula is C20H26N3O3PS3. The Morgan fingerprint density at radius 3 is 2.40 bits per heavy atom. The minimum atomic E-state index is -2.39. The first kappa shape index (κ1) is 24.8. The van der Waals surface area contributed by atoms with Crippen LogP contribution in [-0.4, -0.2) is 33.5 Å². The molecule has 0 saturated carbocycles. The van der Waals surface area contributed by atoms with Crippen molar-refractivity contribution in [1.82, 2.24) is 9.39 Å². The van der Waals surface area contributed by atoms with E-state index in [2.05, 4.69) is 14.5 Å². The highest BCUT2D eigenvalue weighted by atomic mass is 32.5. The van der Waals surface area contributed by atoms with Crippen molar-refractivity contribution in [3.8, 4) is 5.75 Å². The van der Waals surface area contributed by atoms with Crippen molar-refractivity contribution < 1.29 is 14.2 Å². The fourth-order valence-electron chi connectivity index (χ4n) is 2.24. The number of nitrogens with zero attached hydrogens (tertiary/aromatic N) is 2. The van der Waals surface area contributed by atoms with Crippen LogP contribution in [0, 0.1) is 0 Å². The molecule has 6 nitrogen and oxygen atoms in total. The number of carbonyl (C=O) groups is 1. The third-order valence-corrected chi connectivity index (χ3v) is 10.4. The molecule has 0 spiro atoms. The Balaban J connectivity index is 2.09. The van der Waals surface area contributed by atoms with Crippen molar-refractivity contribution in [1.29, 1.82) is 0 Å². The van der Waals surface area contributed by atoms with Crippen molar-refractivity contribution in [2.24, 2.45) is 5.16 Å². The number of hydrogen-bond donors (Lipinski definition) is 1. The number of amides is 1. The van der Waals surface area contributed by atoms with Gasteiger partial charge in [-0.25, -0.2) is 4.79 Å². The first-order valence-electron chi connectivity index (χ1n) is 9.29. The Labute approximate surface area is 192 Å². The number of carbonyl (C=O) groups excluding carboxylic acids is 1. The molecule has 0 aliphatic heterocycles. The van der Waals surface area contributed by atoms with E-state index in [1.165, 1.54) is 23.7 Å². The minimum Gasteiger partial charge on any atom is -0.452 e. The number of rotatable bonds is 10. The molecule has 0 bridgehead atoms. The van der Waals surface area contributed by atoms with Crippen LogP contribution in [0.2, 0.25) is 0 Å². The van der Waals surface area contributed by atoms with Crippen molar-refractivity contribution in [3.63, 3.8) is 0 Å². The summed E-state index contributed by atoms with van der Waals surface area (Å²) in [5.74, 6) is 1.03. The summed E-state index contributed by atoms with van der Waals surface area (Å²) in [6.07, 6.45) is -0.452. The van der Waals surface area contributed by atoms with Gasteiger partial charge in [0.25, 0.3) is 0 Å². The molecule has 1 atom stereocenters. The van der Waals surface area contributed by atoms with Crippen LogP contribution in [0.5, 0.6) is 5.75 Å². The predicted octanol–water partition coefficient (Wildman–Crippen LogP) is 5.93. The van der Waals surface area contributed by atoms with Crippen LogP contribution in [0.3, 0.4) is 0 Å². The second-order valence-corrected chi connectivity index (χ2v) is 12.5. The third kappa shape index (κ3) is 8.32. The van der Waals surface area contributed by atoms with Crippen LogP contribution >= 0.6 is 30.1 Å². The molecule has 0 heterocycles. The van der Waals surface area contributed by atoms with Crippen LogP contribution in [0.15, 0.2) is 65.8 Å². The van der Waals surface area contributed by atoms with Gasteiger partial charge in [-0.15, -0.1) is 11.8 Å². The molecule has 0 aliphatic carbocycles. The first-order valence-corrected chi connectivity index (χ1v) is 14.3. The average molecular weight is 484 g/mol. The molecule has 1 N–H and O–H groups in total. The van der Waals surface area contributed by atoms with Crippen molar-refractivity contribution in [3.05, 3.63) is 66.2 Å². The highest BCUT2D eigenvalue weighted by Gasteiger charge is 2.28. The standard InChI is InChI=1S/C20H26N3O3PS3/c1-4-27(28,26-19-13-9-6-10-14-19)23(15-18-11-7-5-8-12-18)30-16-21-20(24)25-22-17(2)29-3/h5-14H,4,15-16H2,1-3H3,(H,21,24). The zero-order chi connectivity index (χ0) is 21.8. The van der Waals surface area contributed by atoms with Gasteiger partial charge in [-0.05, 0) is 54.6 Å². The molecule has 0 radical (unpaired) electrons. The Morgan fingerprint density at radius 2 is 1.80 bits per heavy atom. The largest absolute Gasteiger partial charge is 0.452 e. The summed E-state index contributed by atoms with van der Waals surface area (Å²) in [4.78, 5) is 16.7. The highest BCUT2D eigenvalue weighted by molar-refractivity contribution is 8.17. The zero-order valence-electron chi connectivity index (χ0n) is 17.2. The maximum absolute atomic E-state index is 11.9. The van der Waals surface area contributed by atoms with E-state index in [1.807, 2.05) is 73.8 Å². The Hall–Kier alpha value is -1.51. The second-order valence-electron chi connectivity index (χ2n) is 6.00. The first-order chi connectivity index (χ1) is 14.5. The van der Waals surface area contributed by atoms with Crippen molar-refractivity contribution >= 4 is 53.1 Å². The van der Waals surface area contributed by atoms with Crippen LogP contribution in [0.25, 0.3) is 0 Å². The predicted molar refractivity (Wildman–Crippen MR) is 133 cm³/mol. The maximum atomic E-state index is 11.9. The van der Waals surface area contributed by atoms with Crippen molar-refractivity contribution in [2.45, 2.75) is 20.4 Å². The molecular weight excluding hydrogens is 457 g/mol. The summed E-state index contributed by atoms with van der Waals surface area (Å²) >= 11 is 8.84. The van der Waals surface area contributed by atoms with Crippen LogP contribution in [0.4, 0.5) is 4.79 Å². The number of nitrogens with one attached hydrogen (secondary N) is 1. The molecule has 1 unspecified atom stereocenters. The fraction of sp³-hybridized carbons (Fsp3) is 0.300. The maximum Gasteiger partial charge on any atom is 0.434 e. The summed E-state index contributed by atoms with van der Waals surface area (Å²) in [5.41, 5.74) is 1.12. The van der Waals surface area contributed by atoms with E-state index in [9.17, 15) is 4.79 Å². The van der Waals surface area contributed by atoms with Gasteiger partial charge in [0.1, 0.15) is 10.8 Å². The van der Waals surface area contributed by atoms with Crippen LogP contribution in [0.1, 0.15) is 19.4 Å². The van der Waals surface area contributed by atoms with E-state index in [1.54, 1.807) is 6.92 Å². The molecule has 0 fully saturated rings. The topological polar surface area (TPSA) is 63.2 Å². The minimum absolute atomic E-state index is 0.288. The molecule has 1 amide bonds. The van der Waals surface area contributed by atoms with Gasteiger partial charge in [-0.2, -0.15) is 4.08 Å². The molecule has 0 aromatic heterocycles. The van der Waals surface area contributed by atoms with E-state index in [0.717, 1.165) is 11.3 Å². The molecule has 0 aliphatic rings. The quantitative estimate of drug-likeness (QED) is 0.0855. The number of benzene rings is 2. The van der Waals surface area contributed by atoms with E-state index < -0.39 is 12.5 Å². The Bertz CT molecular complexity index is 869. The van der Waals surface area contributed by atoms with Gasteiger partial charge in [0.05, 0.1) is 5.88 Å². The lowest BCUT2D eigenvalue weighted by Gasteiger charge is -2.33. The van der Waals surface area contributed by atoms with Gasteiger partial charge in [0, 0.05) is 12.7 Å². The smallest absolute Gasteiger partial charge is 0.434 e. The summed E-state index contributed by atoms with van der Waals surface area (Å²) in [6, 6.07) is 19.7. The lowest BCUT2D eigenvalue weighted by molar-refractivity contribution is 0.153. The van der Waals surface area contributed by atoms with Gasteiger partial charge >= 0.3 is 6.09 Å². The normalized spacial score (nSPS) is 13.5. The van der Waals surface area contributed by atoms with Crippen molar-refractivity contribution in [2.75, 3.05) is 18.3 Å². The fourth-order valence-corrected chi connectivity index (χ4v) is 6.46. The molecule has 0 saturated heterocycles. The zero-order valence-corrected chi connectivity index (χ0v) is 20.5. The number of thioether (sulfide) groups is 1. The lowest BCUT2D eigenvalue weighted by atomic mass is 10.2. The summed E-state index contributed by atoms with van der Waals surface area (Å²) < 4.78 is 8.37. The number of hydrogen-bond acceptors (Lipinski definition) is 7. The Kier molecular flexibility index (Phi) is 10.7. The number of oxime groups is 1. The molecule has 10 heteroatoms. The summed E-state index contributed by atoms with van der Waals surface area (Å²) in [6.45, 7) is 4.40. The van der Waals surface area contributed by atoms with E-state index in [-0.39, 0.29) is 5.88 Å². The van der Waals surface area contributed by atoms with Gasteiger partial charge in [-0.1, -0.05) is 60.6 Å². The summed E-state index contributed by atoms with van der Waals surface area (Å²) in [7, 11) is 0. The van der Waals surface area contributed by atoms with Gasteiger partial charge < -0.3 is 9.84 Å². The summed E-state index contributed by atoms with van der Waals surface area (Å²) in [5, 5.41) is 7.10. The third-order valence-electron chi connectivity index (χ3n) is 3.87. The van der Waals surface area contributed by atoms with Gasteiger partial charge in [-0.3, -0.25) is 4.84 Å². The van der Waals surface area contributed by atoms with E-state index >= 15 is 0 Å². The van der Waals surface area contributed by atoms with Crippen LogP contribution < -0.4 is 9.84 Å². The van der Waals surface area contributed by atoms with Gasteiger partial charge in [0.15, 0.2) is 6.42 Å². The molecule has 2 aromatic rings. The number of para-hydroxylation sites is 1. The average Bonchev–Trinajstić information content (AvgIpc) is 2.78. The molecule has 30 heavy (non-hydrogen) atoms. The second kappa shape index (κ2) is 13.0. The highest BCUT2D eigenvalue weighted by Crippen LogP contribution is 2.55. The van der Waals surface area contributed by atoms with Crippen LogP contribution in [-0.2, 0) is 23.2 Å². The monoisotopic (exact) mass is 483 g/mol. The van der Waals surface area contributed by atoms with E-state index in [4.69, 9.17) is 21.2 Å². The Morgan fingerprint density at radius 1 is 1.17 bits per heavy atom. The van der Waals surface area contributed by atoms with Gasteiger partial charge in [0.2, 0.25) is 0 Å².